The van der Waals surface area contributed by atoms with Crippen LogP contribution in [0, 0.1) is 0 Å². The van der Waals surface area contributed by atoms with Crippen molar-refractivity contribution in [3.05, 3.63) is 59.2 Å². The van der Waals surface area contributed by atoms with Crippen LogP contribution in [0.3, 0.4) is 0 Å². The number of allylic oxidation sites excluding steroid dienone is 1. The van der Waals surface area contributed by atoms with Gasteiger partial charge in [-0.25, -0.2) is 0 Å². The van der Waals surface area contributed by atoms with Crippen LogP contribution < -0.4 is 14.8 Å². The maximum absolute atomic E-state index is 12.9. The number of hydrogen-bond acceptors (Lipinski definition) is 4. The fourth-order valence-corrected chi connectivity index (χ4v) is 3.31. The fourth-order valence-electron chi connectivity index (χ4n) is 3.31. The Morgan fingerprint density at radius 1 is 0.938 bits per heavy atom. The van der Waals surface area contributed by atoms with Crippen LogP contribution in [-0.4, -0.2) is 26.0 Å². The molecular weight excluding hydrogens is 398 g/mol. The maximum atomic E-state index is 12.9. The molecule has 0 heterocycles. The fraction of sp³-hybridized carbons (Fsp3) is 0.464. The first-order chi connectivity index (χ1) is 15.3. The maximum Gasteiger partial charge on any atom is 0.185 e. The van der Waals surface area contributed by atoms with Gasteiger partial charge in [0.25, 0.3) is 0 Å². The summed E-state index contributed by atoms with van der Waals surface area (Å²) in [6.07, 6.45) is 7.55. The second kappa shape index (κ2) is 12.3. The first-order valence-electron chi connectivity index (χ1n) is 11.7. The van der Waals surface area contributed by atoms with Crippen molar-refractivity contribution < 1.29 is 14.3 Å². The normalized spacial score (nSPS) is 11.6. The molecule has 2 rings (SSSR count). The van der Waals surface area contributed by atoms with E-state index in [0.717, 1.165) is 54.0 Å². The van der Waals surface area contributed by atoms with Gasteiger partial charge in [0.15, 0.2) is 5.78 Å². The molecule has 4 nitrogen and oxygen atoms in total. The molecule has 2 aromatic carbocycles. The summed E-state index contributed by atoms with van der Waals surface area (Å²) in [6.45, 7) is 12.1. The first-order valence-corrected chi connectivity index (χ1v) is 11.7. The summed E-state index contributed by atoms with van der Waals surface area (Å²) in [5, 5.41) is 3.07. The van der Waals surface area contributed by atoms with Gasteiger partial charge in [-0.15, -0.1) is 0 Å². The van der Waals surface area contributed by atoms with E-state index in [1.54, 1.807) is 6.08 Å². The number of benzene rings is 2. The van der Waals surface area contributed by atoms with Gasteiger partial charge in [0.2, 0.25) is 0 Å². The van der Waals surface area contributed by atoms with Crippen molar-refractivity contribution in [2.75, 3.05) is 25.6 Å². The lowest BCUT2D eigenvalue weighted by Gasteiger charge is -2.25. The minimum absolute atomic E-state index is 0.0483. The third-order valence-corrected chi connectivity index (χ3v) is 5.32. The van der Waals surface area contributed by atoms with E-state index in [2.05, 4.69) is 46.0 Å². The van der Waals surface area contributed by atoms with E-state index in [1.807, 2.05) is 43.5 Å². The highest BCUT2D eigenvalue weighted by molar-refractivity contribution is 6.07. The average Bonchev–Trinajstić information content (AvgIpc) is 2.77. The number of hydrogen-bond donors (Lipinski definition) is 1. The molecule has 0 atom stereocenters. The number of ether oxygens (including phenoxy) is 2. The molecule has 1 N–H and O–H groups in total. The van der Waals surface area contributed by atoms with Crippen molar-refractivity contribution in [1.82, 2.24) is 0 Å². The minimum atomic E-state index is -0.0981. The standard InChI is InChI=1S/C28H39NO3/c1-7-9-19-31-26-18-16-24(28(3,4)5)27(32-20-10-8-2)23(26)15-17-25(30)21-11-13-22(29-6)14-12-21/h11-18,29H,7-10,19-20H2,1-6H3. The second-order valence-electron chi connectivity index (χ2n) is 9.03. The van der Waals surface area contributed by atoms with Gasteiger partial charge in [-0.05, 0) is 60.7 Å². The van der Waals surface area contributed by atoms with Crippen LogP contribution in [0.5, 0.6) is 11.5 Å². The molecule has 0 radical (unpaired) electrons. The molecule has 0 aliphatic carbocycles. The van der Waals surface area contributed by atoms with E-state index in [4.69, 9.17) is 9.47 Å². The highest BCUT2D eigenvalue weighted by atomic mass is 16.5. The number of carbonyl (C=O) groups excluding carboxylic acids is 1. The number of carbonyl (C=O) groups is 1. The molecule has 32 heavy (non-hydrogen) atoms. The van der Waals surface area contributed by atoms with E-state index in [1.165, 1.54) is 0 Å². The van der Waals surface area contributed by atoms with Gasteiger partial charge in [0.1, 0.15) is 11.5 Å². The largest absolute Gasteiger partial charge is 0.493 e. The molecule has 0 aliphatic rings. The number of rotatable bonds is 12. The zero-order valence-electron chi connectivity index (χ0n) is 20.6. The first kappa shape index (κ1) is 25.5. The summed E-state index contributed by atoms with van der Waals surface area (Å²) in [5.41, 5.74) is 3.47. The smallest absolute Gasteiger partial charge is 0.185 e. The Kier molecular flexibility index (Phi) is 9.83. The highest BCUT2D eigenvalue weighted by Crippen LogP contribution is 2.40. The van der Waals surface area contributed by atoms with E-state index in [-0.39, 0.29) is 11.2 Å². The van der Waals surface area contributed by atoms with Gasteiger partial charge in [0, 0.05) is 23.9 Å². The van der Waals surface area contributed by atoms with Crippen molar-refractivity contribution in [2.45, 2.75) is 65.7 Å². The zero-order chi connectivity index (χ0) is 23.6. The minimum Gasteiger partial charge on any atom is -0.493 e. The summed E-state index contributed by atoms with van der Waals surface area (Å²) < 4.78 is 12.4. The van der Waals surface area contributed by atoms with Crippen LogP contribution in [0.4, 0.5) is 5.69 Å². The van der Waals surface area contributed by atoms with E-state index in [0.29, 0.717) is 18.8 Å². The molecule has 0 saturated heterocycles. The molecule has 0 spiro atoms. The lowest BCUT2D eigenvalue weighted by molar-refractivity contribution is 0.104. The Morgan fingerprint density at radius 3 is 2.12 bits per heavy atom. The Morgan fingerprint density at radius 2 is 1.56 bits per heavy atom. The van der Waals surface area contributed by atoms with Gasteiger partial charge >= 0.3 is 0 Å². The van der Waals surface area contributed by atoms with Gasteiger partial charge in [0.05, 0.1) is 18.8 Å². The quantitative estimate of drug-likeness (QED) is 0.215. The van der Waals surface area contributed by atoms with Crippen molar-refractivity contribution in [3.8, 4) is 11.5 Å². The van der Waals surface area contributed by atoms with Gasteiger partial charge in [-0.3, -0.25) is 4.79 Å². The van der Waals surface area contributed by atoms with E-state index in [9.17, 15) is 4.79 Å². The Balaban J connectivity index is 2.47. The van der Waals surface area contributed by atoms with Crippen LogP contribution in [-0.2, 0) is 5.41 Å². The number of unbranched alkanes of at least 4 members (excludes halogenated alkanes) is 2. The zero-order valence-corrected chi connectivity index (χ0v) is 20.6. The second-order valence-corrected chi connectivity index (χ2v) is 9.03. The summed E-state index contributed by atoms with van der Waals surface area (Å²) in [7, 11) is 1.86. The van der Waals surface area contributed by atoms with Crippen LogP contribution in [0.15, 0.2) is 42.5 Å². The summed E-state index contributed by atoms with van der Waals surface area (Å²) in [6, 6.07) is 11.6. The molecule has 0 bridgehead atoms. The van der Waals surface area contributed by atoms with Crippen LogP contribution in [0.2, 0.25) is 0 Å². The molecular formula is C28H39NO3. The van der Waals surface area contributed by atoms with Crippen LogP contribution in [0.1, 0.15) is 81.8 Å². The molecule has 4 heteroatoms. The number of ketones is 1. The summed E-state index contributed by atoms with van der Waals surface area (Å²) in [4.78, 5) is 12.9. The highest BCUT2D eigenvalue weighted by Gasteiger charge is 2.23. The van der Waals surface area contributed by atoms with Crippen molar-refractivity contribution in [1.29, 1.82) is 0 Å². The molecule has 174 valence electrons. The van der Waals surface area contributed by atoms with Gasteiger partial charge in [-0.2, -0.15) is 0 Å². The van der Waals surface area contributed by atoms with Crippen molar-refractivity contribution >= 4 is 17.5 Å². The van der Waals surface area contributed by atoms with Gasteiger partial charge in [-0.1, -0.05) is 53.5 Å². The Bertz CT molecular complexity index is 892. The van der Waals surface area contributed by atoms with E-state index >= 15 is 0 Å². The molecule has 0 aliphatic heterocycles. The topological polar surface area (TPSA) is 47.6 Å². The van der Waals surface area contributed by atoms with E-state index < -0.39 is 0 Å². The lowest BCUT2D eigenvalue weighted by Crippen LogP contribution is -2.15. The molecule has 0 aromatic heterocycles. The van der Waals surface area contributed by atoms with Gasteiger partial charge < -0.3 is 14.8 Å². The summed E-state index contributed by atoms with van der Waals surface area (Å²) >= 11 is 0. The molecule has 0 amide bonds. The number of nitrogens with one attached hydrogen (secondary N) is 1. The SMILES string of the molecule is CCCCOc1ccc(C(C)(C)C)c(OCCCC)c1C=CC(=O)c1ccc(NC)cc1. The predicted molar refractivity (Wildman–Crippen MR) is 135 cm³/mol. The lowest BCUT2D eigenvalue weighted by atomic mass is 9.84. The average molecular weight is 438 g/mol. The van der Waals surface area contributed by atoms with Crippen molar-refractivity contribution in [3.63, 3.8) is 0 Å². The third kappa shape index (κ3) is 7.15. The molecule has 2 aromatic rings. The predicted octanol–water partition coefficient (Wildman–Crippen LogP) is 7.28. The van der Waals surface area contributed by atoms with Crippen molar-refractivity contribution in [2.24, 2.45) is 0 Å². The monoisotopic (exact) mass is 437 g/mol. The number of anilines is 1. The Hall–Kier alpha value is -2.75. The molecule has 0 unspecified atom stereocenters. The Labute approximate surface area is 194 Å². The van der Waals surface area contributed by atoms with Crippen LogP contribution in [0.25, 0.3) is 6.08 Å². The third-order valence-electron chi connectivity index (χ3n) is 5.32. The summed E-state index contributed by atoms with van der Waals surface area (Å²) in [5.74, 6) is 1.52. The molecule has 0 saturated carbocycles. The van der Waals surface area contributed by atoms with Crippen LogP contribution >= 0.6 is 0 Å². The molecule has 0 fully saturated rings.